The molecule has 0 saturated carbocycles. The predicted octanol–water partition coefficient (Wildman–Crippen LogP) is 3.69. The van der Waals surface area contributed by atoms with Crippen molar-refractivity contribution in [1.82, 2.24) is 0 Å². The van der Waals surface area contributed by atoms with Crippen molar-refractivity contribution in [3.8, 4) is 0 Å². The van der Waals surface area contributed by atoms with E-state index < -0.39 is 17.7 Å². The Morgan fingerprint density at radius 3 is 2.25 bits per heavy atom. The van der Waals surface area contributed by atoms with Gasteiger partial charge in [0.1, 0.15) is 11.6 Å². The van der Waals surface area contributed by atoms with E-state index in [1.54, 1.807) is 6.92 Å². The van der Waals surface area contributed by atoms with E-state index in [2.05, 4.69) is 12.1 Å². The van der Waals surface area contributed by atoms with Crippen LogP contribution in [0.5, 0.6) is 0 Å². The van der Waals surface area contributed by atoms with Crippen molar-refractivity contribution in [3.05, 3.63) is 70.3 Å². The molecule has 104 valence electrons. The number of halogens is 2. The van der Waals surface area contributed by atoms with Crippen molar-refractivity contribution in [2.75, 3.05) is 0 Å². The zero-order chi connectivity index (χ0) is 14.3. The third kappa shape index (κ3) is 2.12. The molecule has 3 rings (SSSR count). The molecule has 3 heteroatoms. The minimum Gasteiger partial charge on any atom is -0.324 e. The van der Waals surface area contributed by atoms with E-state index >= 15 is 0 Å². The monoisotopic (exact) mass is 273 g/mol. The molecule has 0 aromatic heterocycles. The van der Waals surface area contributed by atoms with Crippen LogP contribution in [-0.2, 0) is 12.8 Å². The van der Waals surface area contributed by atoms with Gasteiger partial charge < -0.3 is 5.73 Å². The van der Waals surface area contributed by atoms with Gasteiger partial charge >= 0.3 is 0 Å². The van der Waals surface area contributed by atoms with Crippen molar-refractivity contribution in [2.45, 2.75) is 25.8 Å². The highest BCUT2D eigenvalue weighted by atomic mass is 19.1. The maximum Gasteiger partial charge on any atom is 0.133 e. The van der Waals surface area contributed by atoms with Crippen LogP contribution in [0.1, 0.15) is 28.3 Å². The van der Waals surface area contributed by atoms with Crippen LogP contribution in [0, 0.1) is 24.5 Å². The number of hydrogen-bond donors (Lipinski definition) is 1. The quantitative estimate of drug-likeness (QED) is 0.887. The molecule has 0 bridgehead atoms. The Labute approximate surface area is 117 Å². The van der Waals surface area contributed by atoms with E-state index in [1.807, 2.05) is 12.1 Å². The summed E-state index contributed by atoms with van der Waals surface area (Å²) >= 11 is 0. The SMILES string of the molecule is Cc1ccc(F)c(C(N)C2Cc3ccccc3C2)c1F. The average Bonchev–Trinajstić information content (AvgIpc) is 2.87. The summed E-state index contributed by atoms with van der Waals surface area (Å²) in [4.78, 5) is 0. The largest absolute Gasteiger partial charge is 0.324 e. The van der Waals surface area contributed by atoms with Gasteiger partial charge in [-0.15, -0.1) is 0 Å². The van der Waals surface area contributed by atoms with E-state index in [0.29, 0.717) is 5.56 Å². The second-order valence-corrected chi connectivity index (χ2v) is 5.55. The Morgan fingerprint density at radius 2 is 1.65 bits per heavy atom. The van der Waals surface area contributed by atoms with Crippen LogP contribution < -0.4 is 5.73 Å². The molecule has 0 spiro atoms. The van der Waals surface area contributed by atoms with E-state index in [0.717, 1.165) is 12.8 Å². The highest BCUT2D eigenvalue weighted by molar-refractivity contribution is 5.35. The molecule has 20 heavy (non-hydrogen) atoms. The van der Waals surface area contributed by atoms with E-state index in [9.17, 15) is 8.78 Å². The van der Waals surface area contributed by atoms with Gasteiger partial charge in [-0.1, -0.05) is 30.3 Å². The molecule has 1 aliphatic rings. The maximum atomic E-state index is 14.2. The Hall–Kier alpha value is -1.74. The number of aryl methyl sites for hydroxylation is 1. The molecule has 0 fully saturated rings. The second-order valence-electron chi connectivity index (χ2n) is 5.55. The molecule has 0 heterocycles. The first-order valence-electron chi connectivity index (χ1n) is 6.84. The molecule has 1 unspecified atom stereocenters. The molecule has 1 aliphatic carbocycles. The van der Waals surface area contributed by atoms with Gasteiger partial charge in [0.25, 0.3) is 0 Å². The Bertz CT molecular complexity index is 626. The van der Waals surface area contributed by atoms with Crippen molar-refractivity contribution >= 4 is 0 Å². The fourth-order valence-electron chi connectivity index (χ4n) is 3.07. The molecule has 1 nitrogen and oxygen atoms in total. The number of benzene rings is 2. The lowest BCUT2D eigenvalue weighted by atomic mass is 9.90. The van der Waals surface area contributed by atoms with Crippen molar-refractivity contribution < 1.29 is 8.78 Å². The van der Waals surface area contributed by atoms with Crippen LogP contribution in [0.3, 0.4) is 0 Å². The van der Waals surface area contributed by atoms with E-state index in [1.165, 1.54) is 23.3 Å². The minimum atomic E-state index is -0.609. The highest BCUT2D eigenvalue weighted by Gasteiger charge is 2.30. The first-order chi connectivity index (χ1) is 9.58. The fourth-order valence-corrected chi connectivity index (χ4v) is 3.07. The number of rotatable bonds is 2. The molecular formula is C17H17F2N. The summed E-state index contributed by atoms with van der Waals surface area (Å²) in [5.41, 5.74) is 9.11. The first kappa shape index (κ1) is 13.3. The Kier molecular flexibility index (Phi) is 3.30. The van der Waals surface area contributed by atoms with Crippen LogP contribution >= 0.6 is 0 Å². The topological polar surface area (TPSA) is 26.0 Å². The Balaban J connectivity index is 1.92. The molecule has 2 N–H and O–H groups in total. The summed E-state index contributed by atoms with van der Waals surface area (Å²) in [6.07, 6.45) is 1.56. The standard InChI is InChI=1S/C17H17F2N/c1-10-6-7-14(18)15(16(10)19)17(20)13-8-11-4-2-3-5-12(11)9-13/h2-7,13,17H,8-9,20H2,1H3. The molecule has 0 aliphatic heterocycles. The smallest absolute Gasteiger partial charge is 0.133 e. The number of fused-ring (bicyclic) bond motifs is 1. The van der Waals surface area contributed by atoms with Gasteiger partial charge in [-0.05, 0) is 48.4 Å². The molecule has 2 aromatic carbocycles. The van der Waals surface area contributed by atoms with E-state index in [-0.39, 0.29) is 11.5 Å². The average molecular weight is 273 g/mol. The fraction of sp³-hybridized carbons (Fsp3) is 0.294. The maximum absolute atomic E-state index is 14.2. The van der Waals surface area contributed by atoms with Crippen LogP contribution in [0.15, 0.2) is 36.4 Å². The van der Waals surface area contributed by atoms with Crippen LogP contribution in [0.2, 0.25) is 0 Å². The van der Waals surface area contributed by atoms with Crippen molar-refractivity contribution in [2.24, 2.45) is 11.7 Å². The number of hydrogen-bond acceptors (Lipinski definition) is 1. The summed E-state index contributed by atoms with van der Waals surface area (Å²) in [5, 5.41) is 0. The first-order valence-corrected chi connectivity index (χ1v) is 6.84. The zero-order valence-electron chi connectivity index (χ0n) is 11.4. The molecule has 0 saturated heterocycles. The second kappa shape index (κ2) is 4.98. The van der Waals surface area contributed by atoms with Gasteiger partial charge in [0.05, 0.1) is 0 Å². The van der Waals surface area contributed by atoms with Gasteiger partial charge in [-0.2, -0.15) is 0 Å². The minimum absolute atomic E-state index is 0.0304. The summed E-state index contributed by atoms with van der Waals surface area (Å²) in [6, 6.07) is 10.2. The van der Waals surface area contributed by atoms with Gasteiger partial charge in [0.15, 0.2) is 0 Å². The third-order valence-electron chi connectivity index (χ3n) is 4.24. The van der Waals surface area contributed by atoms with Gasteiger partial charge in [0, 0.05) is 11.6 Å². The molecular weight excluding hydrogens is 256 g/mol. The third-order valence-corrected chi connectivity index (χ3v) is 4.24. The van der Waals surface area contributed by atoms with Gasteiger partial charge in [0.2, 0.25) is 0 Å². The van der Waals surface area contributed by atoms with Crippen molar-refractivity contribution in [3.63, 3.8) is 0 Å². The summed E-state index contributed by atoms with van der Waals surface area (Å²) in [7, 11) is 0. The lowest BCUT2D eigenvalue weighted by molar-refractivity contribution is 0.415. The van der Waals surface area contributed by atoms with Crippen LogP contribution in [0.4, 0.5) is 8.78 Å². The zero-order valence-corrected chi connectivity index (χ0v) is 11.4. The van der Waals surface area contributed by atoms with E-state index in [4.69, 9.17) is 5.73 Å². The van der Waals surface area contributed by atoms with Gasteiger partial charge in [-0.3, -0.25) is 0 Å². The van der Waals surface area contributed by atoms with Crippen molar-refractivity contribution in [1.29, 1.82) is 0 Å². The molecule has 0 amide bonds. The molecule has 2 aromatic rings. The van der Waals surface area contributed by atoms with Crippen LogP contribution in [-0.4, -0.2) is 0 Å². The Morgan fingerprint density at radius 1 is 1.05 bits per heavy atom. The lowest BCUT2D eigenvalue weighted by Gasteiger charge is -2.21. The van der Waals surface area contributed by atoms with Gasteiger partial charge in [-0.25, -0.2) is 8.78 Å². The summed E-state index contributed by atoms with van der Waals surface area (Å²) in [5.74, 6) is -0.997. The predicted molar refractivity (Wildman–Crippen MR) is 75.4 cm³/mol. The molecule has 0 radical (unpaired) electrons. The lowest BCUT2D eigenvalue weighted by Crippen LogP contribution is -2.24. The normalized spacial score (nSPS) is 16.2. The number of nitrogens with two attached hydrogens (primary N) is 1. The molecule has 1 atom stereocenters. The van der Waals surface area contributed by atoms with Crippen LogP contribution in [0.25, 0.3) is 0 Å². The summed E-state index contributed by atoms with van der Waals surface area (Å²) < 4.78 is 28.1. The summed E-state index contributed by atoms with van der Waals surface area (Å²) in [6.45, 7) is 1.63. The highest BCUT2D eigenvalue weighted by Crippen LogP contribution is 2.36.